The molecule has 168 valence electrons. The monoisotopic (exact) mass is 542 g/mol. The van der Waals surface area contributed by atoms with Crippen LogP contribution in [0.2, 0.25) is 10.0 Å². The van der Waals surface area contributed by atoms with Crippen LogP contribution in [0, 0.1) is 0 Å². The van der Waals surface area contributed by atoms with Crippen molar-refractivity contribution in [1.29, 1.82) is 0 Å². The van der Waals surface area contributed by atoms with Crippen molar-refractivity contribution in [2.75, 3.05) is 5.32 Å². The fourth-order valence-electron chi connectivity index (χ4n) is 2.36. The van der Waals surface area contributed by atoms with Crippen LogP contribution in [0.25, 0.3) is 11.3 Å². The molecule has 4 N–H and O–H groups in total. The minimum absolute atomic E-state index is 0.00438. The summed E-state index contributed by atoms with van der Waals surface area (Å²) in [5.41, 5.74) is 1.68. The first-order valence-corrected chi connectivity index (χ1v) is 12.8. The van der Waals surface area contributed by atoms with Gasteiger partial charge in [-0.3, -0.25) is 0 Å². The fraction of sp³-hybridized carbons (Fsp3) is 0.0500. The molecule has 2 aromatic carbocycles. The van der Waals surface area contributed by atoms with E-state index in [9.17, 15) is 13.3 Å². The smallest absolute Gasteiger partial charge is 0.356 e. The van der Waals surface area contributed by atoms with Crippen molar-refractivity contribution in [3.8, 4) is 11.3 Å². The fourth-order valence-corrected chi connectivity index (χ4v) is 3.97. The summed E-state index contributed by atoms with van der Waals surface area (Å²) >= 11 is 6.75. The molecule has 9 nitrogen and oxygen atoms in total. The summed E-state index contributed by atoms with van der Waals surface area (Å²) < 4.78 is 23.8. The topological polar surface area (TPSA) is 146 Å². The molecule has 0 aliphatic rings. The standard InChI is InChI=1S/C12H7Cl2NO2.C8H10AsNO5/c13-8-3-1-7(2-4-8)10-6-5-9(14)11(15-10)12(16)17;1-6(11)10-8-4-2-7(3-5-8)9(12,13)15-14/h1-6H,(H,16,17);2-5,14H,1H3,(H,10,11)(H,12,13). The molecule has 12 heteroatoms. The van der Waals surface area contributed by atoms with Crippen LogP contribution in [-0.4, -0.2) is 45.5 Å². The summed E-state index contributed by atoms with van der Waals surface area (Å²) in [7, 11) is 0. The number of carbonyl (C=O) groups excluding carboxylic acids is 1. The Morgan fingerprint density at radius 2 is 1.59 bits per heavy atom. The van der Waals surface area contributed by atoms with Gasteiger partial charge < -0.3 is 5.11 Å². The van der Waals surface area contributed by atoms with E-state index in [0.29, 0.717) is 16.4 Å². The third kappa shape index (κ3) is 7.20. The molecule has 3 rings (SSSR count). The Balaban J connectivity index is 0.000000229. The quantitative estimate of drug-likeness (QED) is 0.218. The molecule has 0 aliphatic heterocycles. The van der Waals surface area contributed by atoms with Gasteiger partial charge in [0.05, 0.1) is 10.7 Å². The van der Waals surface area contributed by atoms with Gasteiger partial charge in [0.25, 0.3) is 0 Å². The van der Waals surface area contributed by atoms with Crippen molar-refractivity contribution in [3.63, 3.8) is 0 Å². The van der Waals surface area contributed by atoms with Crippen molar-refractivity contribution in [1.82, 2.24) is 4.98 Å². The number of carbonyl (C=O) groups is 2. The predicted molar refractivity (Wildman–Crippen MR) is 119 cm³/mol. The van der Waals surface area contributed by atoms with Crippen molar-refractivity contribution in [2.24, 2.45) is 0 Å². The number of halogens is 2. The van der Waals surface area contributed by atoms with Gasteiger partial charge in [-0.05, 0) is 24.3 Å². The normalized spacial score (nSPS) is 12.2. The molecule has 0 bridgehead atoms. The maximum Gasteiger partial charge on any atom is 0.356 e. The van der Waals surface area contributed by atoms with Crippen LogP contribution in [0.1, 0.15) is 17.4 Å². The van der Waals surface area contributed by atoms with Gasteiger partial charge in [-0.1, -0.05) is 35.3 Å². The van der Waals surface area contributed by atoms with E-state index in [1.807, 2.05) is 0 Å². The van der Waals surface area contributed by atoms with E-state index in [-0.39, 0.29) is 21.0 Å². The Labute approximate surface area is 195 Å². The van der Waals surface area contributed by atoms with Crippen LogP contribution in [0.5, 0.6) is 0 Å². The Morgan fingerprint density at radius 1 is 1.00 bits per heavy atom. The predicted octanol–water partition coefficient (Wildman–Crippen LogP) is 3.46. The van der Waals surface area contributed by atoms with Gasteiger partial charge in [-0.2, -0.15) is 0 Å². The number of rotatable bonds is 5. The SMILES string of the molecule is CC(=O)Nc1ccc([As](=O)(O)OO)cc1.O=C(O)c1nc(-c2ccc(Cl)cc2)ccc1Cl. The van der Waals surface area contributed by atoms with E-state index in [1.54, 1.807) is 30.3 Å². The van der Waals surface area contributed by atoms with Crippen LogP contribution >= 0.6 is 23.2 Å². The van der Waals surface area contributed by atoms with Crippen molar-refractivity contribution < 1.29 is 31.7 Å². The van der Waals surface area contributed by atoms with Crippen molar-refractivity contribution in [3.05, 3.63) is 76.4 Å². The minimum atomic E-state index is -4.76. The number of nitrogens with zero attached hydrogens (tertiary/aromatic N) is 1. The number of hydrogen-bond donors (Lipinski definition) is 4. The van der Waals surface area contributed by atoms with E-state index in [2.05, 4.69) is 14.2 Å². The minimum Gasteiger partial charge on any atom is -0.476 e. The molecule has 0 saturated carbocycles. The first kappa shape index (κ1) is 25.6. The molecule has 1 atom stereocenters. The summed E-state index contributed by atoms with van der Waals surface area (Å²) in [6.07, 6.45) is 0. The van der Waals surface area contributed by atoms with Gasteiger partial charge in [0.1, 0.15) is 0 Å². The van der Waals surface area contributed by atoms with Gasteiger partial charge in [-0.25, -0.2) is 9.78 Å². The summed E-state index contributed by atoms with van der Waals surface area (Å²) in [5.74, 6) is -1.38. The van der Waals surface area contributed by atoms with E-state index in [4.69, 9.17) is 37.7 Å². The summed E-state index contributed by atoms with van der Waals surface area (Å²) in [5, 5.41) is 20.3. The number of carboxylic acids is 1. The average molecular weight is 543 g/mol. The number of carboxylic acid groups (broad SMARTS) is 1. The largest absolute Gasteiger partial charge is 0.476 e. The number of aromatic nitrogens is 1. The first-order valence-electron chi connectivity index (χ1n) is 8.73. The van der Waals surface area contributed by atoms with Crippen molar-refractivity contribution >= 4 is 59.3 Å². The average Bonchev–Trinajstić information content (AvgIpc) is 2.75. The Bertz CT molecular complexity index is 1160. The number of nitrogens with one attached hydrogen (secondary N) is 1. The van der Waals surface area contributed by atoms with Gasteiger partial charge in [0, 0.05) is 10.6 Å². The zero-order valence-corrected chi connectivity index (χ0v) is 19.8. The number of pyridine rings is 1. The molecular weight excluding hydrogens is 526 g/mol. The summed E-state index contributed by atoms with van der Waals surface area (Å²) in [4.78, 5) is 25.6. The third-order valence-corrected chi connectivity index (χ3v) is 6.83. The third-order valence-electron chi connectivity index (χ3n) is 3.81. The van der Waals surface area contributed by atoms with E-state index >= 15 is 0 Å². The molecule has 1 heterocycles. The number of hydrogen-bond acceptors (Lipinski definition) is 6. The Morgan fingerprint density at radius 3 is 2.09 bits per heavy atom. The van der Waals surface area contributed by atoms with Gasteiger partial charge in [0.2, 0.25) is 0 Å². The number of aromatic carboxylic acids is 1. The number of anilines is 1. The molecule has 0 fully saturated rings. The zero-order valence-electron chi connectivity index (χ0n) is 16.4. The second-order valence-electron chi connectivity index (χ2n) is 6.17. The molecule has 0 saturated heterocycles. The number of benzene rings is 2. The van der Waals surface area contributed by atoms with Crippen LogP contribution < -0.4 is 9.67 Å². The molecule has 0 aliphatic carbocycles. The molecule has 1 amide bonds. The molecular formula is C20H17AsCl2N2O7. The van der Waals surface area contributed by atoms with E-state index in [0.717, 1.165) is 5.56 Å². The van der Waals surface area contributed by atoms with Crippen LogP contribution in [-0.2, 0) is 12.4 Å². The number of amides is 1. The molecule has 0 spiro atoms. The first-order chi connectivity index (χ1) is 15.0. The van der Waals surface area contributed by atoms with Crippen LogP contribution in [0.15, 0.2) is 60.7 Å². The van der Waals surface area contributed by atoms with Crippen LogP contribution in [0.3, 0.4) is 0 Å². The Hall–Kier alpha value is -2.65. The molecule has 32 heavy (non-hydrogen) atoms. The van der Waals surface area contributed by atoms with Crippen LogP contribution in [0.4, 0.5) is 5.69 Å². The van der Waals surface area contributed by atoms with Crippen molar-refractivity contribution in [2.45, 2.75) is 6.92 Å². The molecule has 3 aromatic rings. The molecule has 1 unspecified atom stereocenters. The maximum atomic E-state index is 11.2. The molecule has 1 aromatic heterocycles. The van der Waals surface area contributed by atoms with Gasteiger partial charge in [0.15, 0.2) is 5.69 Å². The molecule has 0 radical (unpaired) electrons. The second-order valence-corrected chi connectivity index (χ2v) is 10.6. The summed E-state index contributed by atoms with van der Waals surface area (Å²) in [6.45, 7) is 1.35. The zero-order chi connectivity index (χ0) is 23.9. The maximum absolute atomic E-state index is 11.2. The van der Waals surface area contributed by atoms with Gasteiger partial charge in [-0.15, -0.1) is 0 Å². The Kier molecular flexibility index (Phi) is 9.03. The summed E-state index contributed by atoms with van der Waals surface area (Å²) in [6, 6.07) is 15.7. The second kappa shape index (κ2) is 11.3. The van der Waals surface area contributed by atoms with E-state index in [1.165, 1.54) is 37.3 Å². The van der Waals surface area contributed by atoms with Gasteiger partial charge >= 0.3 is 94.4 Å². The van der Waals surface area contributed by atoms with E-state index < -0.39 is 20.1 Å².